The highest BCUT2D eigenvalue weighted by molar-refractivity contribution is 8.76. The number of hydrogen-bond donors (Lipinski definition) is 0. The Balaban J connectivity index is 1.04. The molecule has 0 amide bonds. The third kappa shape index (κ3) is 8.97. The average Bonchev–Trinajstić information content (AvgIpc) is 3.66. The molecule has 0 radical (unpaired) electrons. The highest BCUT2D eigenvalue weighted by Crippen LogP contribution is 2.62. The van der Waals surface area contributed by atoms with Gasteiger partial charge >= 0.3 is 24.1 Å². The van der Waals surface area contributed by atoms with Crippen molar-refractivity contribution in [2.45, 2.75) is 119 Å². The maximum Gasteiger partial charge on any atom is 0.435 e. The number of likely N-dealkylation sites (N-methyl/N-ethyl adjacent to an activating group) is 1. The molecule has 3 saturated carbocycles. The van der Waals surface area contributed by atoms with E-state index in [0.717, 1.165) is 75.7 Å². The molecule has 0 aromatic heterocycles. The molecule has 7 atom stereocenters. The standard InChI is InChI=1S/C36H50F9NO4S2/c1-32-14-13-28-27-10-7-25(48-17-4-20-51-52-26-8-6-24(22-26)47-3)21-23(27)5-9-29(28)30(32)11-12-31(32)49-18-15-46(2)16-19-50-33(34(37,38)39,35(40,41)42)36(43,44)45/h7,10,21,24,26,28-31H,4-6,8-9,11-20,22H2,1-3H3/t24?,26?,28?,29?,30?,31-,32-/m0/s1/i3D. The fraction of sp³-hybridized carbons (Fsp3) is 0.833. The first-order valence-electron chi connectivity index (χ1n) is 18.7. The molecule has 298 valence electrons. The van der Waals surface area contributed by atoms with Crippen LogP contribution in [-0.2, 0) is 20.6 Å². The Labute approximate surface area is 309 Å². The van der Waals surface area contributed by atoms with Crippen molar-refractivity contribution >= 4 is 21.6 Å². The zero-order valence-corrected chi connectivity index (χ0v) is 31.1. The van der Waals surface area contributed by atoms with Crippen LogP contribution in [0.4, 0.5) is 39.5 Å². The third-order valence-electron chi connectivity index (χ3n) is 11.8. The first-order chi connectivity index (χ1) is 24.9. The summed E-state index contributed by atoms with van der Waals surface area (Å²) in [5, 5.41) is 0.594. The number of aryl methyl sites for hydroxylation is 1. The zero-order chi connectivity index (χ0) is 38.7. The van der Waals surface area contributed by atoms with Crippen molar-refractivity contribution in [2.75, 3.05) is 52.8 Å². The second kappa shape index (κ2) is 17.0. The molecule has 0 spiro atoms. The number of methoxy groups -OCH3 is 1. The van der Waals surface area contributed by atoms with Gasteiger partial charge in [-0.05, 0) is 118 Å². The monoisotopic (exact) mass is 796 g/mol. The zero-order valence-electron chi connectivity index (χ0n) is 30.5. The van der Waals surface area contributed by atoms with Crippen LogP contribution < -0.4 is 4.74 Å². The number of nitrogens with zero attached hydrogens (tertiary/aromatic N) is 1. The fourth-order valence-corrected chi connectivity index (χ4v) is 11.8. The summed E-state index contributed by atoms with van der Waals surface area (Å²) in [5.74, 6) is 3.30. The van der Waals surface area contributed by atoms with E-state index in [-0.39, 0.29) is 37.9 Å². The van der Waals surface area contributed by atoms with Crippen molar-refractivity contribution in [3.05, 3.63) is 29.3 Å². The second-order valence-corrected chi connectivity index (χ2v) is 17.7. The fourth-order valence-electron chi connectivity index (χ4n) is 9.01. The van der Waals surface area contributed by atoms with E-state index in [1.165, 1.54) is 23.1 Å². The van der Waals surface area contributed by atoms with E-state index in [9.17, 15) is 39.5 Å². The Kier molecular flexibility index (Phi) is 13.2. The Hall–Kier alpha value is -1.07. The van der Waals surface area contributed by atoms with Crippen molar-refractivity contribution in [1.29, 1.82) is 0 Å². The molecule has 4 aliphatic carbocycles. The molecule has 4 aliphatic rings. The molecule has 3 fully saturated rings. The van der Waals surface area contributed by atoms with Crippen molar-refractivity contribution in [3.63, 3.8) is 0 Å². The van der Waals surface area contributed by atoms with Crippen molar-refractivity contribution in [3.8, 4) is 5.75 Å². The predicted octanol–water partition coefficient (Wildman–Crippen LogP) is 10.0. The van der Waals surface area contributed by atoms with Gasteiger partial charge in [-0.25, -0.2) is 0 Å². The SMILES string of the molecule is [2H]COC1CCC(SSCCCOc2ccc3c(c2)CCC2C3CC[C@@]3(C)C2CC[C@@H]3OCCN(C)CCOC(C(F)(F)F)(C(F)(F)F)C(F)(F)F)C1. The lowest BCUT2D eigenvalue weighted by atomic mass is 9.55. The number of benzene rings is 1. The molecule has 5 rings (SSSR count). The molecule has 5 unspecified atom stereocenters. The van der Waals surface area contributed by atoms with Crippen LogP contribution in [0.1, 0.15) is 83.1 Å². The molecule has 16 heteroatoms. The van der Waals surface area contributed by atoms with Gasteiger partial charge in [0.15, 0.2) is 0 Å². The summed E-state index contributed by atoms with van der Waals surface area (Å²) in [5.41, 5.74) is -3.60. The van der Waals surface area contributed by atoms with E-state index >= 15 is 0 Å². The first-order valence-corrected chi connectivity index (χ1v) is 20.4. The van der Waals surface area contributed by atoms with E-state index < -0.39 is 37.3 Å². The van der Waals surface area contributed by atoms with Gasteiger partial charge in [-0.1, -0.05) is 34.6 Å². The summed E-state index contributed by atoms with van der Waals surface area (Å²) in [4.78, 5) is 1.30. The molecule has 1 aromatic carbocycles. The number of rotatable bonds is 16. The van der Waals surface area contributed by atoms with Crippen molar-refractivity contribution < 1.29 is 59.8 Å². The Bertz CT molecular complexity index is 1300. The smallest absolute Gasteiger partial charge is 0.435 e. The van der Waals surface area contributed by atoms with Crippen LogP contribution in [-0.4, -0.2) is 99.3 Å². The van der Waals surface area contributed by atoms with Gasteiger partial charge in [0, 0.05) is 31.2 Å². The van der Waals surface area contributed by atoms with Crippen LogP contribution in [0.25, 0.3) is 0 Å². The lowest BCUT2D eigenvalue weighted by Gasteiger charge is -2.50. The van der Waals surface area contributed by atoms with Gasteiger partial charge in [0.05, 0.1) is 33.4 Å². The number of fused-ring (bicyclic) bond motifs is 5. The maximum absolute atomic E-state index is 13.2. The number of ether oxygens (including phenoxy) is 4. The van der Waals surface area contributed by atoms with Gasteiger partial charge in [0.2, 0.25) is 0 Å². The summed E-state index contributed by atoms with van der Waals surface area (Å²) in [6, 6.07) is 6.51. The maximum atomic E-state index is 13.2. The third-order valence-corrected chi connectivity index (χ3v) is 14.8. The van der Waals surface area contributed by atoms with Gasteiger partial charge in [-0.15, -0.1) is 0 Å². The van der Waals surface area contributed by atoms with Gasteiger partial charge in [-0.2, -0.15) is 39.5 Å². The molecule has 1 aromatic rings. The summed E-state index contributed by atoms with van der Waals surface area (Å²) < 4.78 is 147. The average molecular weight is 797 g/mol. The second-order valence-electron chi connectivity index (χ2n) is 14.9. The van der Waals surface area contributed by atoms with E-state index in [4.69, 9.17) is 15.6 Å². The van der Waals surface area contributed by atoms with Crippen LogP contribution in [0.3, 0.4) is 0 Å². The molecule has 5 nitrogen and oxygen atoms in total. The minimum atomic E-state index is -6.74. The van der Waals surface area contributed by atoms with E-state index in [2.05, 4.69) is 29.9 Å². The summed E-state index contributed by atoms with van der Waals surface area (Å²) in [6.45, 7) is 1.13. The molecule has 0 saturated heterocycles. The van der Waals surface area contributed by atoms with Gasteiger partial charge in [-0.3, -0.25) is 0 Å². The topological polar surface area (TPSA) is 40.2 Å². The first kappa shape index (κ1) is 40.6. The lowest BCUT2D eigenvalue weighted by Crippen LogP contribution is -2.68. The van der Waals surface area contributed by atoms with Crippen LogP contribution >= 0.6 is 21.6 Å². The van der Waals surface area contributed by atoms with E-state index in [1.807, 2.05) is 21.6 Å². The molecular formula is C36H50F9NO4S2. The lowest BCUT2D eigenvalue weighted by molar-refractivity contribution is -0.457. The van der Waals surface area contributed by atoms with Crippen LogP contribution in [0.15, 0.2) is 18.2 Å². The van der Waals surface area contributed by atoms with Gasteiger partial charge in [0.25, 0.3) is 0 Å². The number of halogens is 9. The largest absolute Gasteiger partial charge is 0.494 e. The predicted molar refractivity (Wildman–Crippen MR) is 184 cm³/mol. The minimum Gasteiger partial charge on any atom is -0.494 e. The summed E-state index contributed by atoms with van der Waals surface area (Å²) >= 11 is 0. The highest BCUT2D eigenvalue weighted by atomic mass is 33.1. The van der Waals surface area contributed by atoms with Crippen LogP contribution in [0.2, 0.25) is 0 Å². The molecule has 0 aliphatic heterocycles. The van der Waals surface area contributed by atoms with E-state index in [1.54, 1.807) is 0 Å². The number of alkyl halides is 9. The minimum absolute atomic E-state index is 0.0352. The molecule has 0 bridgehead atoms. The highest BCUT2D eigenvalue weighted by Gasteiger charge is 2.85. The molecule has 0 heterocycles. The van der Waals surface area contributed by atoms with Gasteiger partial charge in [0.1, 0.15) is 5.75 Å². The summed E-state index contributed by atoms with van der Waals surface area (Å²) in [6.07, 6.45) is -10.1. The quantitative estimate of drug-likeness (QED) is 0.0938. The molecule has 52 heavy (non-hydrogen) atoms. The van der Waals surface area contributed by atoms with Crippen molar-refractivity contribution in [2.24, 2.45) is 17.3 Å². The number of hydrogen-bond acceptors (Lipinski definition) is 7. The Morgan fingerprint density at radius 1 is 0.904 bits per heavy atom. The van der Waals surface area contributed by atoms with Crippen LogP contribution in [0, 0.1) is 17.3 Å². The van der Waals surface area contributed by atoms with E-state index in [0.29, 0.717) is 29.6 Å². The Morgan fingerprint density at radius 3 is 2.35 bits per heavy atom. The molecule has 0 N–H and O–H groups in total. The Morgan fingerprint density at radius 2 is 1.63 bits per heavy atom. The summed E-state index contributed by atoms with van der Waals surface area (Å²) in [7, 11) is 5.23. The van der Waals surface area contributed by atoms with Crippen molar-refractivity contribution in [1.82, 2.24) is 4.90 Å². The molecular weight excluding hydrogens is 746 g/mol. The van der Waals surface area contributed by atoms with Gasteiger partial charge < -0.3 is 23.8 Å². The van der Waals surface area contributed by atoms with Crippen LogP contribution in [0.5, 0.6) is 5.75 Å². The normalized spacial score (nSPS) is 29.9.